The normalized spacial score (nSPS) is 12.2. The van der Waals surface area contributed by atoms with E-state index in [1.165, 1.54) is 13.8 Å². The summed E-state index contributed by atoms with van der Waals surface area (Å²) in [6.07, 6.45) is 1.40. The second kappa shape index (κ2) is 6.69. The maximum Gasteiger partial charge on any atom is 0.309 e. The molecule has 0 saturated heterocycles. The molecular weight excluding hydrogens is 260 g/mol. The van der Waals surface area contributed by atoms with E-state index >= 15 is 0 Å². The fourth-order valence-corrected chi connectivity index (χ4v) is 1.63. The maximum atomic E-state index is 11.4. The highest BCUT2D eigenvalue weighted by atomic mass is 32.2. The summed E-state index contributed by atoms with van der Waals surface area (Å²) >= 11 is 0. The summed E-state index contributed by atoms with van der Waals surface area (Å²) in [4.78, 5) is 22.2. The van der Waals surface area contributed by atoms with Crippen LogP contribution in [0.15, 0.2) is 0 Å². The Labute approximate surface area is 107 Å². The summed E-state index contributed by atoms with van der Waals surface area (Å²) < 4.78 is 23.7. The molecule has 106 valence electrons. The molecule has 0 aromatic heterocycles. The molecule has 0 fully saturated rings. The first-order valence-corrected chi connectivity index (χ1v) is 7.38. The molecule has 0 atom stereocenters. The van der Waals surface area contributed by atoms with E-state index in [1.54, 1.807) is 0 Å². The smallest absolute Gasteiger partial charge is 0.309 e. The monoisotopic (exact) mass is 280 g/mol. The van der Waals surface area contributed by atoms with Crippen molar-refractivity contribution in [3.8, 4) is 0 Å². The highest BCUT2D eigenvalue weighted by Gasteiger charge is 2.29. The van der Waals surface area contributed by atoms with Crippen LogP contribution in [-0.4, -0.2) is 44.7 Å². The van der Waals surface area contributed by atoms with E-state index in [4.69, 9.17) is 5.11 Å². The first-order valence-electron chi connectivity index (χ1n) is 5.49. The van der Waals surface area contributed by atoms with E-state index in [0.717, 1.165) is 6.26 Å². The second-order valence-corrected chi connectivity index (χ2v) is 6.57. The molecule has 18 heavy (non-hydrogen) atoms. The molecule has 0 saturated carbocycles. The molecule has 0 radical (unpaired) electrons. The molecule has 0 aliphatic heterocycles. The van der Waals surface area contributed by atoms with Gasteiger partial charge < -0.3 is 10.4 Å². The zero-order chi connectivity index (χ0) is 14.4. The van der Waals surface area contributed by atoms with Gasteiger partial charge in [0.1, 0.15) is 0 Å². The van der Waals surface area contributed by atoms with Crippen LogP contribution in [0.3, 0.4) is 0 Å². The van der Waals surface area contributed by atoms with Crippen molar-refractivity contribution < 1.29 is 23.1 Å². The molecule has 0 heterocycles. The molecular formula is C10H20N2O5S. The standard InChI is InChI=1S/C10H20N2O5S/c1-10(2,9(14)15)7-8(13)11-5-4-6-12-18(3,16)17/h12H,4-7H2,1-3H3,(H,11,13)(H,14,15). The molecule has 0 aliphatic rings. The highest BCUT2D eigenvalue weighted by molar-refractivity contribution is 7.88. The van der Waals surface area contributed by atoms with Crippen LogP contribution in [0.5, 0.6) is 0 Å². The lowest BCUT2D eigenvalue weighted by Crippen LogP contribution is -2.34. The largest absolute Gasteiger partial charge is 0.481 e. The Morgan fingerprint density at radius 3 is 2.22 bits per heavy atom. The van der Waals surface area contributed by atoms with Gasteiger partial charge in [-0.1, -0.05) is 0 Å². The lowest BCUT2D eigenvalue weighted by atomic mass is 9.89. The predicted octanol–water partition coefficient (Wildman–Crippen LogP) is -0.457. The molecule has 0 aliphatic carbocycles. The zero-order valence-corrected chi connectivity index (χ0v) is 11.6. The van der Waals surface area contributed by atoms with Gasteiger partial charge in [-0.3, -0.25) is 9.59 Å². The van der Waals surface area contributed by atoms with Gasteiger partial charge in [0.2, 0.25) is 15.9 Å². The number of sulfonamides is 1. The third-order valence-corrected chi connectivity index (χ3v) is 2.95. The first-order chi connectivity index (χ1) is 8.04. The molecule has 0 aromatic carbocycles. The summed E-state index contributed by atoms with van der Waals surface area (Å²) in [5.41, 5.74) is -1.10. The van der Waals surface area contributed by atoms with Gasteiger partial charge >= 0.3 is 5.97 Å². The van der Waals surface area contributed by atoms with Gasteiger partial charge in [0, 0.05) is 19.5 Å². The van der Waals surface area contributed by atoms with E-state index < -0.39 is 21.4 Å². The number of carbonyl (C=O) groups is 2. The summed E-state index contributed by atoms with van der Waals surface area (Å²) in [5, 5.41) is 11.4. The van der Waals surface area contributed by atoms with E-state index in [9.17, 15) is 18.0 Å². The van der Waals surface area contributed by atoms with Crippen molar-refractivity contribution in [2.75, 3.05) is 19.3 Å². The summed E-state index contributed by atoms with van der Waals surface area (Å²) in [6.45, 7) is 3.48. The highest BCUT2D eigenvalue weighted by Crippen LogP contribution is 2.19. The number of hydrogen-bond acceptors (Lipinski definition) is 4. The van der Waals surface area contributed by atoms with Crippen LogP contribution in [0.1, 0.15) is 26.7 Å². The maximum absolute atomic E-state index is 11.4. The number of carboxylic acids is 1. The molecule has 0 bridgehead atoms. The van der Waals surface area contributed by atoms with Crippen molar-refractivity contribution in [1.82, 2.24) is 10.0 Å². The predicted molar refractivity (Wildman–Crippen MR) is 66.5 cm³/mol. The second-order valence-electron chi connectivity index (χ2n) is 4.74. The molecule has 8 heteroatoms. The van der Waals surface area contributed by atoms with Gasteiger partial charge in [-0.05, 0) is 20.3 Å². The Balaban J connectivity index is 3.83. The number of nitrogens with one attached hydrogen (secondary N) is 2. The Morgan fingerprint density at radius 2 is 1.78 bits per heavy atom. The van der Waals surface area contributed by atoms with Crippen molar-refractivity contribution in [3.05, 3.63) is 0 Å². The number of aliphatic carboxylic acids is 1. The van der Waals surface area contributed by atoms with Gasteiger partial charge in [-0.25, -0.2) is 13.1 Å². The fraction of sp³-hybridized carbons (Fsp3) is 0.800. The summed E-state index contributed by atoms with van der Waals surface area (Å²) in [5.74, 6) is -1.39. The zero-order valence-electron chi connectivity index (χ0n) is 10.8. The van der Waals surface area contributed by atoms with Crippen LogP contribution in [0, 0.1) is 5.41 Å². The Kier molecular flexibility index (Phi) is 6.27. The minimum absolute atomic E-state index is 0.109. The first kappa shape index (κ1) is 16.9. The number of carbonyl (C=O) groups excluding carboxylic acids is 1. The lowest BCUT2D eigenvalue weighted by Gasteiger charge is -2.18. The average Bonchev–Trinajstić information content (AvgIpc) is 2.14. The minimum atomic E-state index is -3.21. The lowest BCUT2D eigenvalue weighted by molar-refractivity contribution is -0.149. The van der Waals surface area contributed by atoms with Crippen LogP contribution in [0.4, 0.5) is 0 Å². The van der Waals surface area contributed by atoms with Crippen LogP contribution in [0.2, 0.25) is 0 Å². The third-order valence-electron chi connectivity index (χ3n) is 2.22. The Bertz CT molecular complexity index is 402. The number of hydrogen-bond donors (Lipinski definition) is 3. The van der Waals surface area contributed by atoms with Crippen molar-refractivity contribution >= 4 is 21.9 Å². The van der Waals surface area contributed by atoms with Crippen LogP contribution in [-0.2, 0) is 19.6 Å². The van der Waals surface area contributed by atoms with Gasteiger partial charge in [-0.2, -0.15) is 0 Å². The van der Waals surface area contributed by atoms with Crippen LogP contribution in [0.25, 0.3) is 0 Å². The SMILES string of the molecule is CC(C)(CC(=O)NCCCNS(C)(=O)=O)C(=O)O. The van der Waals surface area contributed by atoms with Gasteiger partial charge in [-0.15, -0.1) is 0 Å². The number of rotatable bonds is 8. The quantitative estimate of drug-likeness (QED) is 0.521. The molecule has 0 spiro atoms. The van der Waals surface area contributed by atoms with E-state index in [1.807, 2.05) is 0 Å². The van der Waals surface area contributed by atoms with Crippen LogP contribution >= 0.6 is 0 Å². The van der Waals surface area contributed by atoms with Gasteiger partial charge in [0.15, 0.2) is 0 Å². The molecule has 0 rings (SSSR count). The van der Waals surface area contributed by atoms with Crippen LogP contribution < -0.4 is 10.0 Å². The molecule has 0 unspecified atom stereocenters. The van der Waals surface area contributed by atoms with E-state index in [-0.39, 0.29) is 18.9 Å². The summed E-state index contributed by atoms with van der Waals surface area (Å²) in [7, 11) is -3.21. The fourth-order valence-electron chi connectivity index (χ4n) is 1.11. The molecule has 7 nitrogen and oxygen atoms in total. The van der Waals surface area contributed by atoms with E-state index in [0.29, 0.717) is 13.0 Å². The van der Waals surface area contributed by atoms with Crippen molar-refractivity contribution in [1.29, 1.82) is 0 Å². The topological polar surface area (TPSA) is 113 Å². The van der Waals surface area contributed by atoms with Crippen molar-refractivity contribution in [3.63, 3.8) is 0 Å². The molecule has 1 amide bonds. The van der Waals surface area contributed by atoms with Crippen molar-refractivity contribution in [2.24, 2.45) is 5.41 Å². The molecule has 3 N–H and O–H groups in total. The van der Waals surface area contributed by atoms with Gasteiger partial charge in [0.05, 0.1) is 11.7 Å². The average molecular weight is 280 g/mol. The summed E-state index contributed by atoms with van der Waals surface area (Å²) in [6, 6.07) is 0. The number of amides is 1. The molecule has 0 aromatic rings. The van der Waals surface area contributed by atoms with Gasteiger partial charge in [0.25, 0.3) is 0 Å². The van der Waals surface area contributed by atoms with E-state index in [2.05, 4.69) is 10.0 Å². The number of carboxylic acid groups (broad SMARTS) is 1. The minimum Gasteiger partial charge on any atom is -0.481 e. The Morgan fingerprint density at radius 1 is 1.22 bits per heavy atom. The van der Waals surface area contributed by atoms with Crippen molar-refractivity contribution in [2.45, 2.75) is 26.7 Å². The Hall–Kier alpha value is -1.15. The third kappa shape index (κ3) is 8.02.